The smallest absolute Gasteiger partial charge is 0.272 e. The number of halogens is 2. The monoisotopic (exact) mass is 1030 g/mol. The fraction of sp³-hybridized carbons (Fsp3) is 0.561. The first-order valence-electron chi connectivity index (χ1n) is 27.5. The Hall–Kier alpha value is -6.11. The third-order valence-corrected chi connectivity index (χ3v) is 16.6. The van der Waals surface area contributed by atoms with Crippen molar-refractivity contribution in [2.24, 2.45) is 5.92 Å². The lowest BCUT2D eigenvalue weighted by Crippen LogP contribution is -2.55. The molecular formula is C57H71F2N9O7. The molecule has 2 aliphatic carbocycles. The van der Waals surface area contributed by atoms with E-state index in [1.807, 2.05) is 21.9 Å². The number of aromatic nitrogens is 2. The first-order chi connectivity index (χ1) is 36.4. The summed E-state index contributed by atoms with van der Waals surface area (Å²) in [6.45, 7) is 5.28. The predicted molar refractivity (Wildman–Crippen MR) is 278 cm³/mol. The van der Waals surface area contributed by atoms with E-state index in [4.69, 9.17) is 4.74 Å². The van der Waals surface area contributed by atoms with Crippen molar-refractivity contribution in [1.29, 1.82) is 0 Å². The maximum atomic E-state index is 16.4. The molecule has 4 aliphatic heterocycles. The Labute approximate surface area is 436 Å². The largest absolute Gasteiger partial charge is 0.375 e. The van der Waals surface area contributed by atoms with E-state index in [0.717, 1.165) is 70.6 Å². The lowest BCUT2D eigenvalue weighted by atomic mass is 9.83. The van der Waals surface area contributed by atoms with Crippen molar-refractivity contribution in [3.8, 4) is 0 Å². The van der Waals surface area contributed by atoms with Gasteiger partial charge in [-0.3, -0.25) is 33.7 Å². The highest BCUT2D eigenvalue weighted by atomic mass is 19.1. The van der Waals surface area contributed by atoms with Crippen LogP contribution in [0.5, 0.6) is 0 Å². The number of hydrogen-bond acceptors (Lipinski definition) is 10. The van der Waals surface area contributed by atoms with Gasteiger partial charge in [0.2, 0.25) is 17.7 Å². The molecule has 5 heterocycles. The molecule has 4 saturated heterocycles. The number of rotatable bonds is 15. The van der Waals surface area contributed by atoms with E-state index in [2.05, 4.69) is 25.7 Å². The molecule has 0 radical (unpaired) electrons. The number of benzene rings is 3. The quantitative estimate of drug-likeness (QED) is 0.140. The zero-order valence-electron chi connectivity index (χ0n) is 42.9. The van der Waals surface area contributed by atoms with Gasteiger partial charge in [0.05, 0.1) is 47.5 Å². The maximum absolute atomic E-state index is 16.4. The number of piperidine rings is 3. The molecule has 16 nitrogen and oxygen atoms in total. The van der Waals surface area contributed by atoms with Crippen molar-refractivity contribution in [2.45, 2.75) is 120 Å². The lowest BCUT2D eigenvalue weighted by Gasteiger charge is -2.40. The standard InChI is InChI=1S/C57H71F2N9O7/c58-48-18-15-37(33-49-44-11-4-5-12-45(44)55(72)63-62-49)32-47(48)56(73)67-30-28-65(29-31-67)51(70)36-64-24-19-41(20-25-64)75-42-21-26-66(27-22-42)57(74)53(38-8-2-1-3-9-38)61-54(71)46-14-6-13-43(52(46)59)39-10-7-23-68(35-39)50(69)34-60-40-16-17-40/h4-6,11-15,18,32,38-42,53,60H,1-3,7-10,16-17,19-31,33-36H2,(H,61,71)(H,63,72)/t39?,53-/m1/s1. The van der Waals surface area contributed by atoms with Crippen LogP contribution >= 0.6 is 0 Å². The molecule has 5 amide bonds. The highest BCUT2D eigenvalue weighted by Gasteiger charge is 2.38. The number of H-pyrrole nitrogens is 1. The van der Waals surface area contributed by atoms with Crippen LogP contribution in [0.2, 0.25) is 0 Å². The normalized spacial score (nSPS) is 21.1. The van der Waals surface area contributed by atoms with Crippen molar-refractivity contribution in [2.75, 3.05) is 78.5 Å². The first-order valence-corrected chi connectivity index (χ1v) is 27.5. The maximum Gasteiger partial charge on any atom is 0.272 e. The Bertz CT molecular complexity index is 2780. The number of carbonyl (C=O) groups excluding carboxylic acids is 5. The molecule has 2 saturated carbocycles. The van der Waals surface area contributed by atoms with Crippen molar-refractivity contribution in [3.63, 3.8) is 0 Å². The number of carbonyl (C=O) groups is 5. The molecule has 75 heavy (non-hydrogen) atoms. The van der Waals surface area contributed by atoms with Gasteiger partial charge >= 0.3 is 0 Å². The van der Waals surface area contributed by atoms with Crippen LogP contribution in [0.15, 0.2) is 65.5 Å². The second kappa shape index (κ2) is 23.8. The summed E-state index contributed by atoms with van der Waals surface area (Å²) in [5, 5.41) is 14.3. The molecule has 3 aromatic carbocycles. The summed E-state index contributed by atoms with van der Waals surface area (Å²) >= 11 is 0. The van der Waals surface area contributed by atoms with E-state index in [0.29, 0.717) is 105 Å². The minimum atomic E-state index is -0.757. The number of nitrogens with zero attached hydrogens (tertiary/aromatic N) is 6. The Kier molecular flexibility index (Phi) is 16.6. The number of nitrogens with one attached hydrogen (secondary N) is 3. The SMILES string of the molecule is O=C(N[C@@H](C(=O)N1CCC(OC2CCN(CC(=O)N3CCN(C(=O)c4cc(Cc5n[nH]c(=O)c6ccccc56)ccc4F)CC3)CC2)CC1)C1CCCCC1)c1cccc(C2CCCN(C(=O)CNC3CC3)C2)c1F. The Morgan fingerprint density at radius 1 is 0.680 bits per heavy atom. The summed E-state index contributed by atoms with van der Waals surface area (Å²) in [6, 6.07) is 16.2. The summed E-state index contributed by atoms with van der Waals surface area (Å²) < 4.78 is 38.1. The van der Waals surface area contributed by atoms with Crippen LogP contribution in [0.1, 0.15) is 127 Å². The van der Waals surface area contributed by atoms with E-state index >= 15 is 8.78 Å². The Morgan fingerprint density at radius 2 is 1.39 bits per heavy atom. The van der Waals surface area contributed by atoms with E-state index in [1.54, 1.807) is 46.2 Å². The summed E-state index contributed by atoms with van der Waals surface area (Å²) in [4.78, 5) is 89.9. The van der Waals surface area contributed by atoms with Gasteiger partial charge in [-0.05, 0) is 106 Å². The summed E-state index contributed by atoms with van der Waals surface area (Å²) in [7, 11) is 0. The second-order valence-electron chi connectivity index (χ2n) is 21.7. The van der Waals surface area contributed by atoms with Gasteiger partial charge in [-0.25, -0.2) is 13.9 Å². The van der Waals surface area contributed by atoms with Gasteiger partial charge in [-0.15, -0.1) is 0 Å². The average molecular weight is 1030 g/mol. The van der Waals surface area contributed by atoms with Crippen LogP contribution in [0, 0.1) is 17.6 Å². The molecule has 1 aromatic heterocycles. The highest BCUT2D eigenvalue weighted by Crippen LogP contribution is 2.33. The van der Waals surface area contributed by atoms with Crippen LogP contribution in [0.4, 0.5) is 8.78 Å². The number of likely N-dealkylation sites (tertiary alicyclic amines) is 3. The van der Waals surface area contributed by atoms with Crippen LogP contribution in [0.25, 0.3) is 10.8 Å². The minimum Gasteiger partial charge on any atom is -0.375 e. The van der Waals surface area contributed by atoms with Gasteiger partial charge in [0, 0.05) is 89.2 Å². The van der Waals surface area contributed by atoms with Gasteiger partial charge in [-0.1, -0.05) is 55.7 Å². The van der Waals surface area contributed by atoms with Crippen molar-refractivity contribution >= 4 is 40.3 Å². The molecule has 6 aliphatic rings. The molecule has 18 heteroatoms. The van der Waals surface area contributed by atoms with E-state index < -0.39 is 29.5 Å². The molecule has 400 valence electrons. The molecule has 6 fully saturated rings. The third-order valence-electron chi connectivity index (χ3n) is 16.6. The fourth-order valence-corrected chi connectivity index (χ4v) is 12.0. The number of hydrogen-bond donors (Lipinski definition) is 3. The van der Waals surface area contributed by atoms with Gasteiger partial charge < -0.3 is 35.0 Å². The van der Waals surface area contributed by atoms with Crippen LogP contribution in [-0.2, 0) is 25.5 Å². The van der Waals surface area contributed by atoms with E-state index in [-0.39, 0.29) is 84.6 Å². The number of piperazine rings is 1. The lowest BCUT2D eigenvalue weighted by molar-refractivity contribution is -0.140. The van der Waals surface area contributed by atoms with Gasteiger partial charge in [0.15, 0.2) is 0 Å². The number of aromatic amines is 1. The number of ether oxygens (including phenoxy) is 1. The first kappa shape index (κ1) is 52.3. The molecule has 3 N–H and O–H groups in total. The van der Waals surface area contributed by atoms with Crippen LogP contribution in [-0.4, -0.2) is 167 Å². The van der Waals surface area contributed by atoms with Crippen molar-refractivity contribution < 1.29 is 37.5 Å². The van der Waals surface area contributed by atoms with Crippen molar-refractivity contribution in [3.05, 3.63) is 111 Å². The summed E-state index contributed by atoms with van der Waals surface area (Å²) in [6.07, 6.45) is 11.5. The third kappa shape index (κ3) is 12.6. The summed E-state index contributed by atoms with van der Waals surface area (Å²) in [5.41, 5.74) is 1.33. The Morgan fingerprint density at radius 3 is 2.12 bits per heavy atom. The summed E-state index contributed by atoms with van der Waals surface area (Å²) in [5.74, 6) is -2.58. The Balaban J connectivity index is 0.661. The average Bonchev–Trinajstić information content (AvgIpc) is 4.29. The zero-order valence-corrected chi connectivity index (χ0v) is 42.9. The van der Waals surface area contributed by atoms with Gasteiger partial charge in [-0.2, -0.15) is 5.10 Å². The zero-order chi connectivity index (χ0) is 52.0. The second-order valence-corrected chi connectivity index (χ2v) is 21.7. The molecular weight excluding hydrogens is 961 g/mol. The van der Waals surface area contributed by atoms with Crippen molar-refractivity contribution in [1.82, 2.24) is 45.3 Å². The predicted octanol–water partition coefficient (Wildman–Crippen LogP) is 5.39. The number of fused-ring (bicyclic) bond motifs is 1. The molecule has 0 bridgehead atoms. The van der Waals surface area contributed by atoms with E-state index in [1.165, 1.54) is 12.1 Å². The molecule has 4 aromatic rings. The van der Waals surface area contributed by atoms with Gasteiger partial charge in [0.1, 0.15) is 17.7 Å². The highest BCUT2D eigenvalue weighted by molar-refractivity contribution is 5.98. The molecule has 2 atom stereocenters. The van der Waals surface area contributed by atoms with Crippen LogP contribution < -0.4 is 16.2 Å². The topological polar surface area (TPSA) is 181 Å². The fourth-order valence-electron chi connectivity index (χ4n) is 12.0. The van der Waals surface area contributed by atoms with Gasteiger partial charge in [0.25, 0.3) is 17.4 Å². The molecule has 0 spiro atoms. The number of amides is 5. The van der Waals surface area contributed by atoms with E-state index in [9.17, 15) is 28.8 Å². The van der Waals surface area contributed by atoms with Crippen LogP contribution in [0.3, 0.4) is 0 Å². The molecule has 10 rings (SSSR count). The molecule has 1 unspecified atom stereocenters. The minimum absolute atomic E-state index is 0.00842.